The Morgan fingerprint density at radius 2 is 1.83 bits per heavy atom. The maximum Gasteiger partial charge on any atom is 0.307 e. The summed E-state index contributed by atoms with van der Waals surface area (Å²) in [6.45, 7) is 5.13. The third-order valence-electron chi connectivity index (χ3n) is 3.22. The fraction of sp³-hybridized carbons (Fsp3) is 0.529. The molecule has 0 heterocycles. The van der Waals surface area contributed by atoms with Gasteiger partial charge in [-0.05, 0) is 44.5 Å². The lowest BCUT2D eigenvalue weighted by Gasteiger charge is -2.22. The molecule has 0 fully saturated rings. The molecule has 23 heavy (non-hydrogen) atoms. The molecule has 128 valence electrons. The molecule has 1 amide bonds. The van der Waals surface area contributed by atoms with Gasteiger partial charge in [-0.2, -0.15) is 0 Å². The summed E-state index contributed by atoms with van der Waals surface area (Å²) >= 11 is 0. The van der Waals surface area contributed by atoms with Crippen molar-refractivity contribution in [2.75, 3.05) is 26.8 Å². The monoisotopic (exact) mass is 325 g/mol. The molecule has 0 aromatic heterocycles. The van der Waals surface area contributed by atoms with E-state index in [1.807, 2.05) is 13.8 Å². The number of carbonyl (C=O) groups excluding carboxylic acids is 2. The third kappa shape index (κ3) is 7.23. The number of carbonyl (C=O) groups is 2. The lowest BCUT2D eigenvalue weighted by atomic mass is 10.2. The van der Waals surface area contributed by atoms with Crippen LogP contribution in [0.3, 0.4) is 0 Å². The lowest BCUT2D eigenvalue weighted by Crippen LogP contribution is -2.34. The van der Waals surface area contributed by atoms with Crippen LogP contribution in [0.2, 0.25) is 0 Å². The first kappa shape index (κ1) is 19.1. The maximum atomic E-state index is 13.0. The molecule has 0 radical (unpaired) electrons. The van der Waals surface area contributed by atoms with E-state index in [4.69, 9.17) is 4.74 Å². The van der Waals surface area contributed by atoms with Crippen molar-refractivity contribution in [1.29, 1.82) is 0 Å². The molecular formula is C17H24FNO4. The number of amides is 1. The average Bonchev–Trinajstić information content (AvgIpc) is 2.53. The van der Waals surface area contributed by atoms with Crippen molar-refractivity contribution in [2.24, 2.45) is 0 Å². The molecule has 0 atom stereocenters. The first-order valence-corrected chi connectivity index (χ1v) is 7.67. The van der Waals surface area contributed by atoms with E-state index in [0.717, 1.165) is 0 Å². The highest BCUT2D eigenvalue weighted by molar-refractivity contribution is 5.94. The van der Waals surface area contributed by atoms with E-state index in [2.05, 4.69) is 4.74 Å². The number of rotatable bonds is 9. The second-order valence-electron chi connectivity index (χ2n) is 5.40. The van der Waals surface area contributed by atoms with E-state index >= 15 is 0 Å². The van der Waals surface area contributed by atoms with E-state index in [0.29, 0.717) is 25.1 Å². The minimum Gasteiger partial charge on any atom is -0.469 e. The number of ether oxygens (including phenoxy) is 2. The van der Waals surface area contributed by atoms with Crippen molar-refractivity contribution in [3.8, 4) is 0 Å². The van der Waals surface area contributed by atoms with Gasteiger partial charge in [0.15, 0.2) is 0 Å². The van der Waals surface area contributed by atoms with Gasteiger partial charge in [-0.15, -0.1) is 0 Å². The summed E-state index contributed by atoms with van der Waals surface area (Å²) < 4.78 is 23.0. The van der Waals surface area contributed by atoms with Gasteiger partial charge in [-0.3, -0.25) is 9.59 Å². The lowest BCUT2D eigenvalue weighted by molar-refractivity contribution is -0.140. The second-order valence-corrected chi connectivity index (χ2v) is 5.40. The van der Waals surface area contributed by atoms with Gasteiger partial charge in [0, 0.05) is 25.3 Å². The summed E-state index contributed by atoms with van der Waals surface area (Å²) in [5.41, 5.74) is 0.390. The van der Waals surface area contributed by atoms with Gasteiger partial charge < -0.3 is 14.4 Å². The Hall–Kier alpha value is -1.95. The molecule has 0 saturated heterocycles. The molecule has 0 aliphatic rings. The average molecular weight is 325 g/mol. The molecule has 0 aliphatic heterocycles. The topological polar surface area (TPSA) is 55.8 Å². The summed E-state index contributed by atoms with van der Waals surface area (Å²) in [4.78, 5) is 25.4. The zero-order valence-electron chi connectivity index (χ0n) is 13.9. The van der Waals surface area contributed by atoms with Gasteiger partial charge in [-0.1, -0.05) is 0 Å². The number of esters is 1. The number of nitrogens with zero attached hydrogens (tertiary/aromatic N) is 1. The Kier molecular flexibility index (Phi) is 8.26. The van der Waals surface area contributed by atoms with Crippen LogP contribution in [0.4, 0.5) is 4.39 Å². The summed E-state index contributed by atoms with van der Waals surface area (Å²) in [5.74, 6) is -1.01. The van der Waals surface area contributed by atoms with Crippen LogP contribution in [0.25, 0.3) is 0 Å². The molecule has 0 N–H and O–H groups in total. The third-order valence-corrected chi connectivity index (χ3v) is 3.22. The highest BCUT2D eigenvalue weighted by Crippen LogP contribution is 2.09. The van der Waals surface area contributed by atoms with E-state index < -0.39 is 5.82 Å². The summed E-state index contributed by atoms with van der Waals surface area (Å²) in [6.07, 6.45) is 0.909. The quantitative estimate of drug-likeness (QED) is 0.517. The van der Waals surface area contributed by atoms with Crippen LogP contribution in [0, 0.1) is 5.82 Å². The molecule has 0 aliphatic carbocycles. The van der Waals surface area contributed by atoms with Crippen LogP contribution in [-0.2, 0) is 14.3 Å². The molecule has 0 spiro atoms. The fourth-order valence-electron chi connectivity index (χ4n) is 1.99. The summed E-state index contributed by atoms with van der Waals surface area (Å²) in [7, 11) is 1.31. The van der Waals surface area contributed by atoms with Gasteiger partial charge in [0.05, 0.1) is 19.6 Å². The molecular weight excluding hydrogens is 301 g/mol. The molecule has 1 aromatic rings. The number of benzene rings is 1. The molecule has 1 rings (SSSR count). The van der Waals surface area contributed by atoms with Crippen LogP contribution in [0.5, 0.6) is 0 Å². The largest absolute Gasteiger partial charge is 0.469 e. The molecule has 0 saturated carbocycles. The molecule has 1 aromatic carbocycles. The number of hydrogen-bond donors (Lipinski definition) is 0. The standard InChI is InChI=1S/C17H24FNO4/c1-13(2)23-12-4-10-19(11-9-16(20)22-3)17(21)14-5-7-15(18)8-6-14/h5-8,13H,4,9-12H2,1-3H3. The molecule has 5 nitrogen and oxygen atoms in total. The van der Waals surface area contributed by atoms with Crippen LogP contribution in [0.15, 0.2) is 24.3 Å². The van der Waals surface area contributed by atoms with Gasteiger partial charge in [0.2, 0.25) is 0 Å². The van der Waals surface area contributed by atoms with Crippen molar-refractivity contribution in [3.63, 3.8) is 0 Å². The molecule has 6 heteroatoms. The minimum absolute atomic E-state index is 0.120. The zero-order valence-corrected chi connectivity index (χ0v) is 13.9. The second kappa shape index (κ2) is 9.94. The smallest absolute Gasteiger partial charge is 0.307 e. The summed E-state index contributed by atoms with van der Waals surface area (Å²) in [5, 5.41) is 0. The normalized spacial score (nSPS) is 10.7. The van der Waals surface area contributed by atoms with Crippen LogP contribution >= 0.6 is 0 Å². The fourth-order valence-corrected chi connectivity index (χ4v) is 1.99. The van der Waals surface area contributed by atoms with Gasteiger partial charge in [0.1, 0.15) is 5.82 Å². The Morgan fingerprint density at radius 1 is 1.17 bits per heavy atom. The van der Waals surface area contributed by atoms with Gasteiger partial charge in [0.25, 0.3) is 5.91 Å². The van der Waals surface area contributed by atoms with Crippen molar-refractivity contribution in [1.82, 2.24) is 4.90 Å². The molecule has 0 bridgehead atoms. The number of halogens is 1. The van der Waals surface area contributed by atoms with Gasteiger partial charge in [-0.25, -0.2) is 4.39 Å². The minimum atomic E-state index is -0.395. The van der Waals surface area contributed by atoms with E-state index in [1.54, 1.807) is 4.90 Å². The summed E-state index contributed by atoms with van der Waals surface area (Å²) in [6, 6.07) is 5.36. The van der Waals surface area contributed by atoms with Crippen molar-refractivity contribution >= 4 is 11.9 Å². The Labute approximate surface area is 136 Å². The van der Waals surface area contributed by atoms with Crippen molar-refractivity contribution in [3.05, 3.63) is 35.6 Å². The van der Waals surface area contributed by atoms with Gasteiger partial charge >= 0.3 is 5.97 Å². The first-order valence-electron chi connectivity index (χ1n) is 7.67. The molecule has 0 unspecified atom stereocenters. The van der Waals surface area contributed by atoms with Crippen LogP contribution in [-0.4, -0.2) is 49.7 Å². The Morgan fingerprint density at radius 3 is 2.39 bits per heavy atom. The Balaban J connectivity index is 2.66. The SMILES string of the molecule is COC(=O)CCN(CCCOC(C)C)C(=O)c1ccc(F)cc1. The highest BCUT2D eigenvalue weighted by Gasteiger charge is 2.17. The number of hydrogen-bond acceptors (Lipinski definition) is 4. The zero-order chi connectivity index (χ0) is 17.2. The van der Waals surface area contributed by atoms with Crippen molar-refractivity contribution < 1.29 is 23.5 Å². The van der Waals surface area contributed by atoms with E-state index in [-0.39, 0.29) is 30.9 Å². The first-order chi connectivity index (χ1) is 10.9. The predicted molar refractivity (Wildman–Crippen MR) is 84.6 cm³/mol. The van der Waals surface area contributed by atoms with Crippen molar-refractivity contribution in [2.45, 2.75) is 32.8 Å². The highest BCUT2D eigenvalue weighted by atomic mass is 19.1. The maximum absolute atomic E-state index is 13.0. The van der Waals surface area contributed by atoms with Crippen LogP contribution in [0.1, 0.15) is 37.0 Å². The van der Waals surface area contributed by atoms with E-state index in [9.17, 15) is 14.0 Å². The predicted octanol–water partition coefficient (Wildman–Crippen LogP) is 2.65. The number of methoxy groups -OCH3 is 1. The Bertz CT molecular complexity index is 502. The van der Waals surface area contributed by atoms with Crippen LogP contribution < -0.4 is 0 Å². The van der Waals surface area contributed by atoms with E-state index in [1.165, 1.54) is 31.4 Å².